The average Bonchev–Trinajstić information content (AvgIpc) is 2.62. The summed E-state index contributed by atoms with van der Waals surface area (Å²) in [5, 5.41) is 3.95. The number of carbonyl (C=O) groups is 2. The number of hydrogen-bond acceptors (Lipinski definition) is 6. The molecule has 0 unspecified atom stereocenters. The zero-order valence-corrected chi connectivity index (χ0v) is 10.6. The van der Waals surface area contributed by atoms with Gasteiger partial charge in [-0.15, -0.1) is 0 Å². The molecule has 3 amide bonds. The van der Waals surface area contributed by atoms with Crippen molar-refractivity contribution in [1.82, 2.24) is 15.1 Å². The third-order valence-electron chi connectivity index (χ3n) is 2.37. The van der Waals surface area contributed by atoms with Crippen molar-refractivity contribution in [3.05, 3.63) is 0 Å². The number of hydrazine groups is 2. The van der Waals surface area contributed by atoms with Gasteiger partial charge in [-0.05, 0) is 0 Å². The first-order valence-corrected chi connectivity index (χ1v) is 6.42. The van der Waals surface area contributed by atoms with E-state index in [1.165, 1.54) is 11.8 Å². The number of amides is 3. The van der Waals surface area contributed by atoms with Crippen molar-refractivity contribution >= 4 is 40.2 Å². The number of thiocarbonyl (C=S) groups is 1. The number of thioether (sulfide) groups is 1. The van der Waals surface area contributed by atoms with Crippen molar-refractivity contribution in [1.29, 1.82) is 0 Å². The molecule has 7 nitrogen and oxygen atoms in total. The predicted octanol–water partition coefficient (Wildman–Crippen LogP) is -0.610. The number of carbonyl (C=O) groups excluding carboxylic acids is 2. The Bertz CT molecular complexity index is 343. The first-order chi connectivity index (χ1) is 8.11. The predicted molar refractivity (Wildman–Crippen MR) is 65.7 cm³/mol. The van der Waals surface area contributed by atoms with Crippen molar-refractivity contribution in [3.8, 4) is 0 Å². The molecule has 94 valence electrons. The number of nitrogens with two attached hydrogens (primary N) is 1. The van der Waals surface area contributed by atoms with Crippen molar-refractivity contribution in [2.24, 2.45) is 5.73 Å². The highest BCUT2D eigenvalue weighted by Gasteiger charge is 2.37. The molecule has 9 heteroatoms. The van der Waals surface area contributed by atoms with Gasteiger partial charge in [0, 0.05) is 13.1 Å². The quantitative estimate of drug-likeness (QED) is 0.678. The van der Waals surface area contributed by atoms with Crippen molar-refractivity contribution < 1.29 is 14.3 Å². The summed E-state index contributed by atoms with van der Waals surface area (Å²) in [7, 11) is 0. The Morgan fingerprint density at radius 2 is 2.12 bits per heavy atom. The molecule has 0 aromatic rings. The fourth-order valence-electron chi connectivity index (χ4n) is 1.64. The van der Waals surface area contributed by atoms with E-state index in [0.29, 0.717) is 30.6 Å². The monoisotopic (exact) mass is 276 g/mol. The number of hydrogen-bond donors (Lipinski definition) is 1. The lowest BCUT2D eigenvalue weighted by Gasteiger charge is -2.39. The van der Waals surface area contributed by atoms with Crippen LogP contribution in [0.2, 0.25) is 0 Å². The second kappa shape index (κ2) is 5.17. The van der Waals surface area contributed by atoms with E-state index in [0.717, 1.165) is 10.1 Å². The fourth-order valence-corrected chi connectivity index (χ4v) is 2.66. The molecule has 2 aliphatic rings. The molecule has 2 fully saturated rings. The van der Waals surface area contributed by atoms with Crippen LogP contribution in [-0.4, -0.2) is 63.5 Å². The maximum absolute atomic E-state index is 11.7. The molecular formula is C8H12N4O3S2. The van der Waals surface area contributed by atoms with Crippen LogP contribution in [-0.2, 0) is 9.53 Å². The fraction of sp³-hybridized carbons (Fsp3) is 0.625. The van der Waals surface area contributed by atoms with Crippen LogP contribution in [0.1, 0.15) is 0 Å². The number of morpholine rings is 1. The molecule has 0 radical (unpaired) electrons. The zero-order valence-electron chi connectivity index (χ0n) is 9.00. The van der Waals surface area contributed by atoms with E-state index in [9.17, 15) is 9.59 Å². The van der Waals surface area contributed by atoms with Crippen LogP contribution in [0, 0.1) is 0 Å². The van der Waals surface area contributed by atoms with E-state index in [2.05, 4.69) is 0 Å². The highest BCUT2D eigenvalue weighted by atomic mass is 32.2. The lowest BCUT2D eigenvalue weighted by Crippen LogP contribution is -2.61. The molecular weight excluding hydrogens is 264 g/mol. The maximum atomic E-state index is 11.7. The number of urea groups is 1. The van der Waals surface area contributed by atoms with Gasteiger partial charge in [0.15, 0.2) is 4.32 Å². The number of ether oxygens (including phenoxy) is 1. The van der Waals surface area contributed by atoms with Gasteiger partial charge in [0.05, 0.1) is 19.0 Å². The molecule has 0 saturated carbocycles. The molecule has 0 aromatic carbocycles. The van der Waals surface area contributed by atoms with Crippen LogP contribution in [0.15, 0.2) is 0 Å². The van der Waals surface area contributed by atoms with E-state index in [1.807, 2.05) is 0 Å². The van der Waals surface area contributed by atoms with Gasteiger partial charge >= 0.3 is 6.03 Å². The van der Waals surface area contributed by atoms with Gasteiger partial charge in [0.2, 0.25) is 0 Å². The van der Waals surface area contributed by atoms with Crippen LogP contribution in [0.5, 0.6) is 0 Å². The van der Waals surface area contributed by atoms with Gasteiger partial charge in [0.1, 0.15) is 0 Å². The molecule has 17 heavy (non-hydrogen) atoms. The summed E-state index contributed by atoms with van der Waals surface area (Å²) in [6.45, 7) is 1.98. The van der Waals surface area contributed by atoms with Gasteiger partial charge in [-0.1, -0.05) is 24.0 Å². The molecule has 0 aliphatic carbocycles. The Kier molecular flexibility index (Phi) is 3.82. The largest absolute Gasteiger partial charge is 0.379 e. The van der Waals surface area contributed by atoms with Gasteiger partial charge in [0.25, 0.3) is 5.91 Å². The minimum absolute atomic E-state index is 0.231. The molecule has 2 rings (SSSR count). The Labute approximate surface area is 108 Å². The SMILES string of the molecule is NC(=O)N(N1CCOCC1)N1C(=O)CSC1=S. The van der Waals surface area contributed by atoms with Crippen molar-refractivity contribution in [3.63, 3.8) is 0 Å². The third-order valence-corrected chi connectivity index (χ3v) is 3.71. The first-order valence-electron chi connectivity index (χ1n) is 5.03. The summed E-state index contributed by atoms with van der Waals surface area (Å²) in [4.78, 5) is 23.2. The minimum Gasteiger partial charge on any atom is -0.379 e. The summed E-state index contributed by atoms with van der Waals surface area (Å²) in [5.41, 5.74) is 5.31. The highest BCUT2D eigenvalue weighted by Crippen LogP contribution is 2.22. The molecule has 0 spiro atoms. The smallest absolute Gasteiger partial charge is 0.349 e. The highest BCUT2D eigenvalue weighted by molar-refractivity contribution is 8.23. The summed E-state index contributed by atoms with van der Waals surface area (Å²) in [6.07, 6.45) is 0. The van der Waals surface area contributed by atoms with Crippen LogP contribution in [0.25, 0.3) is 0 Å². The Morgan fingerprint density at radius 3 is 2.59 bits per heavy atom. The van der Waals surface area contributed by atoms with E-state index in [1.54, 1.807) is 5.01 Å². The molecule has 0 bridgehead atoms. The standard InChI is InChI=1S/C8H12N4O3S2/c9-7(14)12(10-1-3-15-4-2-10)11-6(13)5-17-8(11)16/h1-5H2,(H2,9,14). The van der Waals surface area contributed by atoms with E-state index in [-0.39, 0.29) is 11.7 Å². The second-order valence-electron chi connectivity index (χ2n) is 3.45. The van der Waals surface area contributed by atoms with Gasteiger partial charge in [-0.2, -0.15) is 15.1 Å². The van der Waals surface area contributed by atoms with Gasteiger partial charge in [-0.25, -0.2) is 4.79 Å². The number of nitrogens with zero attached hydrogens (tertiary/aromatic N) is 3. The van der Waals surface area contributed by atoms with E-state index < -0.39 is 6.03 Å². The number of rotatable bonds is 2. The molecule has 2 heterocycles. The second-order valence-corrected chi connectivity index (χ2v) is 5.06. The van der Waals surface area contributed by atoms with Gasteiger partial charge < -0.3 is 10.5 Å². The van der Waals surface area contributed by atoms with Crippen LogP contribution < -0.4 is 5.73 Å². The van der Waals surface area contributed by atoms with Crippen molar-refractivity contribution in [2.45, 2.75) is 0 Å². The van der Waals surface area contributed by atoms with E-state index >= 15 is 0 Å². The van der Waals surface area contributed by atoms with Crippen LogP contribution in [0.3, 0.4) is 0 Å². The lowest BCUT2D eigenvalue weighted by molar-refractivity contribution is -0.162. The summed E-state index contributed by atoms with van der Waals surface area (Å²) >= 11 is 6.27. The van der Waals surface area contributed by atoms with Crippen LogP contribution >= 0.6 is 24.0 Å². The topological polar surface area (TPSA) is 79.1 Å². The van der Waals surface area contributed by atoms with Crippen LogP contribution in [0.4, 0.5) is 4.79 Å². The zero-order chi connectivity index (χ0) is 12.4. The average molecular weight is 276 g/mol. The Hall–Kier alpha value is -0.900. The molecule has 2 N–H and O–H groups in total. The maximum Gasteiger partial charge on any atom is 0.349 e. The Balaban J connectivity index is 2.18. The molecule has 2 aliphatic heterocycles. The van der Waals surface area contributed by atoms with E-state index in [4.69, 9.17) is 22.7 Å². The molecule has 2 saturated heterocycles. The molecule has 0 atom stereocenters. The molecule has 0 aromatic heterocycles. The normalized spacial score (nSPS) is 22.0. The Morgan fingerprint density at radius 1 is 1.47 bits per heavy atom. The van der Waals surface area contributed by atoms with Gasteiger partial charge in [-0.3, -0.25) is 4.79 Å². The summed E-state index contributed by atoms with van der Waals surface area (Å²) in [6, 6.07) is -0.718. The summed E-state index contributed by atoms with van der Waals surface area (Å²) < 4.78 is 5.53. The first kappa shape index (κ1) is 12.6. The lowest BCUT2D eigenvalue weighted by atomic mass is 10.5. The summed E-state index contributed by atoms with van der Waals surface area (Å²) in [5.74, 6) is 0.0118. The van der Waals surface area contributed by atoms with Crippen molar-refractivity contribution in [2.75, 3.05) is 32.1 Å². The number of primary amides is 1. The minimum atomic E-state index is -0.718. The third kappa shape index (κ3) is 2.51.